The molecule has 1 saturated heterocycles. The normalized spacial score (nSPS) is 17.1. The number of fused-ring (bicyclic) bond motifs is 1. The van der Waals surface area contributed by atoms with E-state index in [1.807, 2.05) is 18.2 Å². The predicted octanol–water partition coefficient (Wildman–Crippen LogP) is 3.39. The lowest BCUT2D eigenvalue weighted by atomic mass is 10.1. The number of likely N-dealkylation sites (N-methyl/N-ethyl adjacent to an activating group) is 1. The minimum atomic E-state index is -0.231. The van der Waals surface area contributed by atoms with E-state index in [4.69, 9.17) is 11.6 Å². The summed E-state index contributed by atoms with van der Waals surface area (Å²) >= 11 is 7.66. The fourth-order valence-electron chi connectivity index (χ4n) is 3.35. The van der Waals surface area contributed by atoms with Crippen LogP contribution < -0.4 is 15.5 Å². The third-order valence-electron chi connectivity index (χ3n) is 4.93. The Morgan fingerprint density at radius 2 is 1.93 bits per heavy atom. The summed E-state index contributed by atoms with van der Waals surface area (Å²) in [5, 5.41) is 6.39. The summed E-state index contributed by atoms with van der Waals surface area (Å²) in [5.74, 6) is 0.114. The maximum atomic E-state index is 12.9. The number of nitrogens with one attached hydrogen (secondary N) is 2. The van der Waals surface area contributed by atoms with Gasteiger partial charge in [0.05, 0.1) is 22.8 Å². The van der Waals surface area contributed by atoms with Crippen molar-refractivity contribution in [1.82, 2.24) is 4.90 Å². The number of hydrogen-bond donors (Lipinski definition) is 2. The summed E-state index contributed by atoms with van der Waals surface area (Å²) in [6, 6.07) is 10.9. The zero-order chi connectivity index (χ0) is 19.7. The largest absolute Gasteiger partial charge is 0.367 e. The molecule has 2 N–H and O–H groups in total. The first-order valence-electron chi connectivity index (χ1n) is 9.11. The van der Waals surface area contributed by atoms with Crippen molar-refractivity contribution >= 4 is 52.2 Å². The maximum absolute atomic E-state index is 12.9. The second-order valence-electron chi connectivity index (χ2n) is 6.95. The molecule has 0 unspecified atom stereocenters. The predicted molar refractivity (Wildman–Crippen MR) is 115 cm³/mol. The number of hydrogen-bond acceptors (Lipinski definition) is 5. The zero-order valence-corrected chi connectivity index (χ0v) is 17.1. The average Bonchev–Trinajstić information content (AvgIpc) is 2.68. The van der Waals surface area contributed by atoms with Gasteiger partial charge in [-0.15, -0.1) is 11.8 Å². The molecule has 28 heavy (non-hydrogen) atoms. The molecule has 0 bridgehead atoms. The van der Waals surface area contributed by atoms with E-state index < -0.39 is 0 Å². The third kappa shape index (κ3) is 4.11. The van der Waals surface area contributed by atoms with Crippen molar-refractivity contribution in [2.45, 2.75) is 4.90 Å². The first-order chi connectivity index (χ1) is 13.5. The smallest absolute Gasteiger partial charge is 0.255 e. The molecule has 4 rings (SSSR count). The van der Waals surface area contributed by atoms with Gasteiger partial charge in [0.1, 0.15) is 0 Å². The lowest BCUT2D eigenvalue weighted by Crippen LogP contribution is -2.44. The van der Waals surface area contributed by atoms with Gasteiger partial charge in [0.2, 0.25) is 5.91 Å². The summed E-state index contributed by atoms with van der Waals surface area (Å²) in [7, 11) is 2.11. The van der Waals surface area contributed by atoms with E-state index in [9.17, 15) is 9.59 Å². The highest BCUT2D eigenvalue weighted by Crippen LogP contribution is 2.33. The van der Waals surface area contributed by atoms with Crippen LogP contribution in [0, 0.1) is 0 Å². The number of anilines is 3. The first kappa shape index (κ1) is 19.1. The van der Waals surface area contributed by atoms with Crippen molar-refractivity contribution in [2.75, 3.05) is 54.5 Å². The molecule has 146 valence electrons. The standard InChI is InChI=1S/C20H21ClN4O2S/c1-24-6-8-25(9-7-24)17-4-3-14(21)11-15(17)23-20(27)13-2-5-18-16(10-13)22-19(26)12-28-18/h2-5,10-11H,6-9,12H2,1H3,(H,22,26)(H,23,27). The molecule has 0 aromatic heterocycles. The third-order valence-corrected chi connectivity index (χ3v) is 6.23. The van der Waals surface area contributed by atoms with Gasteiger partial charge in [-0.1, -0.05) is 11.6 Å². The Morgan fingerprint density at radius 3 is 2.71 bits per heavy atom. The number of carbonyl (C=O) groups is 2. The molecule has 0 spiro atoms. The van der Waals surface area contributed by atoms with Crippen LogP contribution in [0.3, 0.4) is 0 Å². The van der Waals surface area contributed by atoms with E-state index in [2.05, 4.69) is 27.5 Å². The topological polar surface area (TPSA) is 64.7 Å². The Morgan fingerprint density at radius 1 is 1.14 bits per heavy atom. The van der Waals surface area contributed by atoms with E-state index in [1.54, 1.807) is 18.2 Å². The number of thioether (sulfide) groups is 1. The molecule has 1 fully saturated rings. The summed E-state index contributed by atoms with van der Waals surface area (Å²) in [6.07, 6.45) is 0. The van der Waals surface area contributed by atoms with Crippen molar-refractivity contribution in [2.24, 2.45) is 0 Å². The SMILES string of the molecule is CN1CCN(c2ccc(Cl)cc2NC(=O)c2ccc3c(c2)NC(=O)CS3)CC1. The van der Waals surface area contributed by atoms with Gasteiger partial charge in [-0.2, -0.15) is 0 Å². The van der Waals surface area contributed by atoms with E-state index >= 15 is 0 Å². The second-order valence-corrected chi connectivity index (χ2v) is 8.41. The van der Waals surface area contributed by atoms with Crippen molar-refractivity contribution < 1.29 is 9.59 Å². The highest BCUT2D eigenvalue weighted by atomic mass is 35.5. The van der Waals surface area contributed by atoms with Gasteiger partial charge in [-0.3, -0.25) is 9.59 Å². The van der Waals surface area contributed by atoms with Crippen molar-refractivity contribution in [3.63, 3.8) is 0 Å². The molecule has 2 amide bonds. The average molecular weight is 417 g/mol. The van der Waals surface area contributed by atoms with Gasteiger partial charge in [0.15, 0.2) is 0 Å². The fourth-order valence-corrected chi connectivity index (χ4v) is 4.31. The van der Waals surface area contributed by atoms with Gasteiger partial charge in [0.25, 0.3) is 5.91 Å². The summed E-state index contributed by atoms with van der Waals surface area (Å²) < 4.78 is 0. The molecule has 2 aliphatic rings. The highest BCUT2D eigenvalue weighted by Gasteiger charge is 2.20. The van der Waals surface area contributed by atoms with Crippen LogP contribution >= 0.6 is 23.4 Å². The van der Waals surface area contributed by atoms with Crippen molar-refractivity contribution in [1.29, 1.82) is 0 Å². The number of nitrogens with zero attached hydrogens (tertiary/aromatic N) is 2. The monoisotopic (exact) mass is 416 g/mol. The number of rotatable bonds is 3. The fraction of sp³-hybridized carbons (Fsp3) is 0.300. The van der Waals surface area contributed by atoms with Crippen LogP contribution in [0.1, 0.15) is 10.4 Å². The van der Waals surface area contributed by atoms with E-state index in [0.717, 1.165) is 36.8 Å². The lowest BCUT2D eigenvalue weighted by Gasteiger charge is -2.35. The van der Waals surface area contributed by atoms with Gasteiger partial charge >= 0.3 is 0 Å². The minimum absolute atomic E-state index is 0.0535. The van der Waals surface area contributed by atoms with Crippen molar-refractivity contribution in [3.8, 4) is 0 Å². The van der Waals surface area contributed by atoms with Gasteiger partial charge < -0.3 is 20.4 Å². The molecular weight excluding hydrogens is 396 g/mol. The Hall–Kier alpha value is -2.22. The van der Waals surface area contributed by atoms with Crippen LogP contribution in [-0.4, -0.2) is 55.7 Å². The molecule has 2 aromatic rings. The molecule has 2 aromatic carbocycles. The van der Waals surface area contributed by atoms with Gasteiger partial charge in [0, 0.05) is 41.7 Å². The molecule has 0 saturated carbocycles. The number of halogens is 1. The number of piperazine rings is 1. The summed E-state index contributed by atoms with van der Waals surface area (Å²) in [6.45, 7) is 3.72. The molecule has 2 aliphatic heterocycles. The van der Waals surface area contributed by atoms with Gasteiger partial charge in [-0.25, -0.2) is 0 Å². The number of benzene rings is 2. The Bertz CT molecular complexity index is 928. The van der Waals surface area contributed by atoms with Crippen LogP contribution in [0.2, 0.25) is 5.02 Å². The Kier molecular flexibility index (Phi) is 5.48. The summed E-state index contributed by atoms with van der Waals surface area (Å²) in [4.78, 5) is 30.0. The van der Waals surface area contributed by atoms with Crippen LogP contribution in [-0.2, 0) is 4.79 Å². The maximum Gasteiger partial charge on any atom is 0.255 e. The van der Waals surface area contributed by atoms with Crippen LogP contribution in [0.25, 0.3) is 0 Å². The van der Waals surface area contributed by atoms with Crippen LogP contribution in [0.4, 0.5) is 17.1 Å². The van der Waals surface area contributed by atoms with E-state index in [0.29, 0.717) is 27.7 Å². The molecule has 2 heterocycles. The van der Waals surface area contributed by atoms with E-state index in [1.165, 1.54) is 11.8 Å². The number of amides is 2. The lowest BCUT2D eigenvalue weighted by molar-refractivity contribution is -0.113. The van der Waals surface area contributed by atoms with Gasteiger partial charge in [-0.05, 0) is 43.4 Å². The van der Waals surface area contributed by atoms with E-state index in [-0.39, 0.29) is 11.8 Å². The quantitative estimate of drug-likeness (QED) is 0.803. The van der Waals surface area contributed by atoms with Crippen LogP contribution in [0.15, 0.2) is 41.3 Å². The molecule has 0 atom stereocenters. The molecule has 0 aliphatic carbocycles. The van der Waals surface area contributed by atoms with Crippen LogP contribution in [0.5, 0.6) is 0 Å². The zero-order valence-electron chi connectivity index (χ0n) is 15.5. The molecule has 6 nitrogen and oxygen atoms in total. The highest BCUT2D eigenvalue weighted by molar-refractivity contribution is 8.00. The second kappa shape index (κ2) is 8.03. The molecule has 0 radical (unpaired) electrons. The van der Waals surface area contributed by atoms with Crippen molar-refractivity contribution in [3.05, 3.63) is 47.0 Å². The Labute approximate surface area is 173 Å². The minimum Gasteiger partial charge on any atom is -0.367 e. The molecule has 8 heteroatoms. The first-order valence-corrected chi connectivity index (χ1v) is 10.5. The summed E-state index contributed by atoms with van der Waals surface area (Å²) in [5.41, 5.74) is 2.83. The number of carbonyl (C=O) groups excluding carboxylic acids is 2. The Balaban J connectivity index is 1.57. The molecular formula is C20H21ClN4O2S.